The third-order valence-electron chi connectivity index (χ3n) is 1.80. The van der Waals surface area contributed by atoms with E-state index < -0.39 is 0 Å². The Kier molecular flexibility index (Phi) is 4.46. The topological polar surface area (TPSA) is 17.1 Å². The number of halogens is 1. The molecule has 1 heterocycles. The van der Waals surface area contributed by atoms with Crippen molar-refractivity contribution in [3.05, 3.63) is 21.9 Å². The Morgan fingerprint density at radius 2 is 2.23 bits per heavy atom. The summed E-state index contributed by atoms with van der Waals surface area (Å²) in [7, 11) is 0. The van der Waals surface area contributed by atoms with Crippen molar-refractivity contribution in [2.75, 3.05) is 5.88 Å². The highest BCUT2D eigenvalue weighted by Crippen LogP contribution is 2.17. The van der Waals surface area contributed by atoms with Crippen LogP contribution in [0, 0.1) is 6.92 Å². The van der Waals surface area contributed by atoms with Gasteiger partial charge in [-0.05, 0) is 31.9 Å². The van der Waals surface area contributed by atoms with Gasteiger partial charge < -0.3 is 0 Å². The molecule has 0 saturated carbocycles. The standard InChI is InChI=1S/C10H13ClOS/c1-8-5-6-10(13-8)9(12)4-2-3-7-11/h5-6H,2-4,7H2,1H3. The number of hydrogen-bond donors (Lipinski definition) is 0. The lowest BCUT2D eigenvalue weighted by atomic mass is 10.1. The van der Waals surface area contributed by atoms with Gasteiger partial charge in [0, 0.05) is 17.2 Å². The molecule has 0 aliphatic carbocycles. The SMILES string of the molecule is Cc1ccc(C(=O)CCCCCl)s1. The van der Waals surface area contributed by atoms with Gasteiger partial charge in [-0.3, -0.25) is 4.79 Å². The Morgan fingerprint density at radius 1 is 1.46 bits per heavy atom. The molecule has 1 aromatic heterocycles. The molecule has 3 heteroatoms. The maximum Gasteiger partial charge on any atom is 0.172 e. The van der Waals surface area contributed by atoms with E-state index in [-0.39, 0.29) is 5.78 Å². The Morgan fingerprint density at radius 3 is 2.77 bits per heavy atom. The molecule has 0 atom stereocenters. The second kappa shape index (κ2) is 5.40. The maximum atomic E-state index is 11.5. The summed E-state index contributed by atoms with van der Waals surface area (Å²) < 4.78 is 0. The molecule has 0 unspecified atom stereocenters. The molecule has 0 aromatic carbocycles. The Hall–Kier alpha value is -0.340. The van der Waals surface area contributed by atoms with E-state index in [2.05, 4.69) is 0 Å². The lowest BCUT2D eigenvalue weighted by Gasteiger charge is -1.95. The van der Waals surface area contributed by atoms with Crippen molar-refractivity contribution in [2.24, 2.45) is 0 Å². The lowest BCUT2D eigenvalue weighted by Crippen LogP contribution is -1.95. The largest absolute Gasteiger partial charge is 0.293 e. The summed E-state index contributed by atoms with van der Waals surface area (Å²) in [6.07, 6.45) is 2.46. The number of carbonyl (C=O) groups excluding carboxylic acids is 1. The van der Waals surface area contributed by atoms with Crippen molar-refractivity contribution in [3.63, 3.8) is 0 Å². The fourth-order valence-corrected chi connectivity index (χ4v) is 2.11. The van der Waals surface area contributed by atoms with E-state index in [1.54, 1.807) is 11.3 Å². The summed E-state index contributed by atoms with van der Waals surface area (Å²) in [5, 5.41) is 0. The van der Waals surface area contributed by atoms with E-state index in [0.717, 1.165) is 17.7 Å². The zero-order valence-electron chi connectivity index (χ0n) is 7.68. The summed E-state index contributed by atoms with van der Waals surface area (Å²) in [5.41, 5.74) is 0. The number of aryl methyl sites for hydroxylation is 1. The van der Waals surface area contributed by atoms with E-state index in [1.807, 2.05) is 19.1 Å². The van der Waals surface area contributed by atoms with E-state index >= 15 is 0 Å². The Bertz CT molecular complexity index is 280. The van der Waals surface area contributed by atoms with Gasteiger partial charge in [0.15, 0.2) is 5.78 Å². The minimum atomic E-state index is 0.253. The average molecular weight is 217 g/mol. The molecule has 0 fully saturated rings. The number of unbranched alkanes of at least 4 members (excludes halogenated alkanes) is 1. The van der Waals surface area contributed by atoms with Crippen molar-refractivity contribution in [1.82, 2.24) is 0 Å². The number of ketones is 1. The van der Waals surface area contributed by atoms with Crippen LogP contribution in [0.25, 0.3) is 0 Å². The van der Waals surface area contributed by atoms with E-state index in [1.165, 1.54) is 4.88 Å². The summed E-state index contributed by atoms with van der Waals surface area (Å²) in [6.45, 7) is 2.01. The maximum absolute atomic E-state index is 11.5. The molecule has 0 aliphatic rings. The highest BCUT2D eigenvalue weighted by molar-refractivity contribution is 7.14. The fourth-order valence-electron chi connectivity index (χ4n) is 1.09. The van der Waals surface area contributed by atoms with Crippen LogP contribution in [0.3, 0.4) is 0 Å². The van der Waals surface area contributed by atoms with Crippen molar-refractivity contribution in [1.29, 1.82) is 0 Å². The Balaban J connectivity index is 2.40. The quantitative estimate of drug-likeness (QED) is 0.417. The lowest BCUT2D eigenvalue weighted by molar-refractivity contribution is 0.0984. The Labute approximate surface area is 87.7 Å². The van der Waals surface area contributed by atoms with Gasteiger partial charge >= 0.3 is 0 Å². The number of carbonyl (C=O) groups is 1. The monoisotopic (exact) mass is 216 g/mol. The summed E-state index contributed by atoms with van der Waals surface area (Å²) in [6, 6.07) is 3.89. The second-order valence-electron chi connectivity index (χ2n) is 2.98. The van der Waals surface area contributed by atoms with Crippen molar-refractivity contribution >= 4 is 28.7 Å². The van der Waals surface area contributed by atoms with Gasteiger partial charge in [0.1, 0.15) is 0 Å². The van der Waals surface area contributed by atoms with Crippen LogP contribution in [0.2, 0.25) is 0 Å². The first-order valence-corrected chi connectivity index (χ1v) is 5.74. The van der Waals surface area contributed by atoms with Crippen LogP contribution in [0.15, 0.2) is 12.1 Å². The smallest absolute Gasteiger partial charge is 0.172 e. The first-order chi connectivity index (χ1) is 6.24. The van der Waals surface area contributed by atoms with Crippen LogP contribution in [-0.4, -0.2) is 11.7 Å². The molecule has 0 spiro atoms. The summed E-state index contributed by atoms with van der Waals surface area (Å²) in [5.74, 6) is 0.903. The minimum Gasteiger partial charge on any atom is -0.293 e. The molecular formula is C10H13ClOS. The highest BCUT2D eigenvalue weighted by atomic mass is 35.5. The zero-order chi connectivity index (χ0) is 9.68. The van der Waals surface area contributed by atoms with Crippen molar-refractivity contribution in [3.8, 4) is 0 Å². The number of Topliss-reactive ketones (excluding diaryl/α,β-unsaturated/α-hetero) is 1. The molecule has 0 saturated heterocycles. The van der Waals surface area contributed by atoms with Gasteiger partial charge in [-0.15, -0.1) is 22.9 Å². The average Bonchev–Trinajstić information content (AvgIpc) is 2.52. The predicted molar refractivity (Wildman–Crippen MR) is 58.0 cm³/mol. The van der Waals surface area contributed by atoms with Gasteiger partial charge in [0.2, 0.25) is 0 Å². The molecule has 1 rings (SSSR count). The van der Waals surface area contributed by atoms with Crippen LogP contribution < -0.4 is 0 Å². The zero-order valence-corrected chi connectivity index (χ0v) is 9.25. The predicted octanol–water partition coefficient (Wildman–Crippen LogP) is 3.65. The van der Waals surface area contributed by atoms with E-state index in [4.69, 9.17) is 11.6 Å². The first-order valence-electron chi connectivity index (χ1n) is 4.39. The molecule has 1 nitrogen and oxygen atoms in total. The minimum absolute atomic E-state index is 0.253. The van der Waals surface area contributed by atoms with Gasteiger partial charge in [-0.25, -0.2) is 0 Å². The molecule has 13 heavy (non-hydrogen) atoms. The fraction of sp³-hybridized carbons (Fsp3) is 0.500. The van der Waals surface area contributed by atoms with Gasteiger partial charge in [-0.1, -0.05) is 0 Å². The molecule has 0 aliphatic heterocycles. The highest BCUT2D eigenvalue weighted by Gasteiger charge is 2.06. The van der Waals surface area contributed by atoms with Gasteiger partial charge in [0.05, 0.1) is 4.88 Å². The van der Waals surface area contributed by atoms with Crippen LogP contribution in [0.4, 0.5) is 0 Å². The first kappa shape index (κ1) is 10.7. The van der Waals surface area contributed by atoms with Crippen molar-refractivity contribution < 1.29 is 4.79 Å². The van der Waals surface area contributed by atoms with E-state index in [9.17, 15) is 4.79 Å². The molecule has 0 N–H and O–H groups in total. The summed E-state index contributed by atoms with van der Waals surface area (Å²) >= 11 is 7.10. The number of alkyl halides is 1. The van der Waals surface area contributed by atoms with Crippen molar-refractivity contribution in [2.45, 2.75) is 26.2 Å². The van der Waals surface area contributed by atoms with Crippen LogP contribution in [0.5, 0.6) is 0 Å². The molecule has 1 aromatic rings. The van der Waals surface area contributed by atoms with Gasteiger partial charge in [0.25, 0.3) is 0 Å². The van der Waals surface area contributed by atoms with Gasteiger partial charge in [-0.2, -0.15) is 0 Å². The summed E-state index contributed by atoms with van der Waals surface area (Å²) in [4.78, 5) is 13.6. The third kappa shape index (κ3) is 3.49. The number of hydrogen-bond acceptors (Lipinski definition) is 2. The molecule has 72 valence electrons. The van der Waals surface area contributed by atoms with E-state index in [0.29, 0.717) is 12.3 Å². The van der Waals surface area contributed by atoms with Crippen LogP contribution in [0.1, 0.15) is 33.8 Å². The molecule has 0 radical (unpaired) electrons. The normalized spacial score (nSPS) is 10.3. The van der Waals surface area contributed by atoms with Crippen LogP contribution >= 0.6 is 22.9 Å². The molecule has 0 amide bonds. The molecular weight excluding hydrogens is 204 g/mol. The second-order valence-corrected chi connectivity index (χ2v) is 4.65. The van der Waals surface area contributed by atoms with Crippen LogP contribution in [-0.2, 0) is 0 Å². The number of thiophene rings is 1. The third-order valence-corrected chi connectivity index (χ3v) is 3.11. The molecule has 0 bridgehead atoms. The number of rotatable bonds is 5.